The number of nitrogens with zero attached hydrogens (tertiary/aromatic N) is 2. The van der Waals surface area contributed by atoms with Crippen LogP contribution in [0.15, 0.2) is 40.8 Å². The van der Waals surface area contributed by atoms with Crippen LogP contribution in [0.4, 0.5) is 0 Å². The Hall–Kier alpha value is -2.16. The Labute approximate surface area is 107 Å². The molecule has 4 nitrogen and oxygen atoms in total. The molecular formula is C13H8N2O2S. The maximum atomic E-state index is 9.36. The van der Waals surface area contributed by atoms with Gasteiger partial charge in [0, 0.05) is 0 Å². The molecule has 0 amide bonds. The van der Waals surface area contributed by atoms with E-state index in [0.717, 1.165) is 15.2 Å². The van der Waals surface area contributed by atoms with Gasteiger partial charge in [-0.25, -0.2) is 4.98 Å². The fourth-order valence-electron chi connectivity index (χ4n) is 1.66. The number of furan rings is 1. The smallest absolute Gasteiger partial charge is 0.198 e. The first kappa shape index (κ1) is 11.0. The normalized spacial score (nSPS) is 12.4. The van der Waals surface area contributed by atoms with E-state index in [9.17, 15) is 5.11 Å². The van der Waals surface area contributed by atoms with Crippen molar-refractivity contribution in [3.63, 3.8) is 0 Å². The highest BCUT2D eigenvalue weighted by atomic mass is 32.1. The van der Waals surface area contributed by atoms with Crippen molar-refractivity contribution in [3.8, 4) is 16.8 Å². The molecule has 1 aromatic carbocycles. The second-order valence-electron chi connectivity index (χ2n) is 3.72. The Morgan fingerprint density at radius 3 is 2.89 bits per heavy atom. The first-order chi connectivity index (χ1) is 8.78. The number of benzene rings is 1. The molecule has 0 spiro atoms. The van der Waals surface area contributed by atoms with Crippen LogP contribution in [-0.4, -0.2) is 10.1 Å². The maximum Gasteiger partial charge on any atom is 0.198 e. The van der Waals surface area contributed by atoms with E-state index >= 15 is 0 Å². The third kappa shape index (κ3) is 1.78. The second kappa shape index (κ2) is 4.26. The van der Waals surface area contributed by atoms with Gasteiger partial charge in [0.2, 0.25) is 0 Å². The van der Waals surface area contributed by atoms with Crippen LogP contribution < -0.4 is 0 Å². The van der Waals surface area contributed by atoms with Crippen molar-refractivity contribution in [1.29, 1.82) is 5.26 Å². The van der Waals surface area contributed by atoms with Gasteiger partial charge in [-0.05, 0) is 24.3 Å². The fraction of sp³-hybridized carbons (Fsp3) is 0.0769. The fourth-order valence-corrected chi connectivity index (χ4v) is 2.58. The van der Waals surface area contributed by atoms with Crippen molar-refractivity contribution in [1.82, 2.24) is 4.98 Å². The Morgan fingerprint density at radius 1 is 1.28 bits per heavy atom. The van der Waals surface area contributed by atoms with E-state index in [4.69, 9.17) is 9.68 Å². The van der Waals surface area contributed by atoms with E-state index in [1.54, 1.807) is 18.2 Å². The van der Waals surface area contributed by atoms with E-state index in [1.165, 1.54) is 11.3 Å². The van der Waals surface area contributed by atoms with Crippen molar-refractivity contribution in [3.05, 3.63) is 42.2 Å². The third-order valence-electron chi connectivity index (χ3n) is 2.52. The maximum absolute atomic E-state index is 9.36. The van der Waals surface area contributed by atoms with E-state index in [1.807, 2.05) is 24.3 Å². The topological polar surface area (TPSA) is 70.0 Å². The van der Waals surface area contributed by atoms with Gasteiger partial charge < -0.3 is 9.52 Å². The van der Waals surface area contributed by atoms with Crippen LogP contribution in [-0.2, 0) is 0 Å². The highest BCUT2D eigenvalue weighted by Gasteiger charge is 2.14. The summed E-state index contributed by atoms with van der Waals surface area (Å²) in [6.07, 6.45) is -1.23. The van der Waals surface area contributed by atoms with Crippen molar-refractivity contribution < 1.29 is 9.52 Å². The molecule has 3 rings (SSSR count). The molecule has 2 aromatic heterocycles. The summed E-state index contributed by atoms with van der Waals surface area (Å²) in [7, 11) is 0. The largest absolute Gasteiger partial charge is 0.455 e. The lowest BCUT2D eigenvalue weighted by Gasteiger charge is -1.94. The first-order valence-electron chi connectivity index (χ1n) is 5.31. The lowest BCUT2D eigenvalue weighted by atomic mass is 10.3. The van der Waals surface area contributed by atoms with Crippen LogP contribution in [0, 0.1) is 11.3 Å². The quantitative estimate of drug-likeness (QED) is 0.715. The summed E-state index contributed by atoms with van der Waals surface area (Å²) in [5, 5.41) is 18.7. The minimum Gasteiger partial charge on any atom is -0.455 e. The Bertz CT molecular complexity index is 706. The molecule has 0 aliphatic carbocycles. The molecule has 3 aromatic rings. The van der Waals surface area contributed by atoms with Gasteiger partial charge in [0.05, 0.1) is 10.2 Å². The number of aliphatic hydroxyl groups excluding tert-OH is 1. The number of aromatic nitrogens is 1. The molecule has 2 heterocycles. The van der Waals surface area contributed by atoms with Crippen LogP contribution in [0.25, 0.3) is 21.0 Å². The van der Waals surface area contributed by atoms with Gasteiger partial charge in [0.25, 0.3) is 0 Å². The van der Waals surface area contributed by atoms with Gasteiger partial charge in [-0.1, -0.05) is 12.1 Å². The Morgan fingerprint density at radius 2 is 2.11 bits per heavy atom. The monoisotopic (exact) mass is 256 g/mol. The summed E-state index contributed by atoms with van der Waals surface area (Å²) in [6, 6.07) is 12.8. The first-order valence-corrected chi connectivity index (χ1v) is 6.13. The number of nitriles is 1. The number of hydrogen-bond donors (Lipinski definition) is 1. The average molecular weight is 256 g/mol. The van der Waals surface area contributed by atoms with Gasteiger partial charge in [-0.15, -0.1) is 11.3 Å². The third-order valence-corrected chi connectivity index (χ3v) is 3.57. The van der Waals surface area contributed by atoms with Crippen LogP contribution in [0.5, 0.6) is 0 Å². The number of para-hydroxylation sites is 1. The summed E-state index contributed by atoms with van der Waals surface area (Å²) in [5.74, 6) is 0.812. The molecule has 0 radical (unpaired) electrons. The molecule has 5 heteroatoms. The van der Waals surface area contributed by atoms with E-state index in [2.05, 4.69) is 4.98 Å². The molecule has 0 aliphatic heterocycles. The van der Waals surface area contributed by atoms with Crippen molar-refractivity contribution in [2.45, 2.75) is 6.10 Å². The Balaban J connectivity index is 2.04. The number of fused-ring (bicyclic) bond motifs is 1. The van der Waals surface area contributed by atoms with Gasteiger partial charge in [-0.2, -0.15) is 5.26 Å². The van der Waals surface area contributed by atoms with Gasteiger partial charge in [-0.3, -0.25) is 0 Å². The van der Waals surface area contributed by atoms with E-state index in [-0.39, 0.29) is 5.76 Å². The molecular weight excluding hydrogens is 248 g/mol. The average Bonchev–Trinajstić information content (AvgIpc) is 3.03. The highest BCUT2D eigenvalue weighted by Crippen LogP contribution is 2.32. The lowest BCUT2D eigenvalue weighted by Crippen LogP contribution is -1.88. The summed E-state index contributed by atoms with van der Waals surface area (Å²) in [5.41, 5.74) is 0.913. The lowest BCUT2D eigenvalue weighted by molar-refractivity contribution is 0.205. The predicted molar refractivity (Wildman–Crippen MR) is 67.9 cm³/mol. The number of thiazole rings is 1. The molecule has 18 heavy (non-hydrogen) atoms. The molecule has 0 bridgehead atoms. The zero-order valence-electron chi connectivity index (χ0n) is 9.20. The van der Waals surface area contributed by atoms with Gasteiger partial charge >= 0.3 is 0 Å². The molecule has 0 fully saturated rings. The summed E-state index contributed by atoms with van der Waals surface area (Å²) in [4.78, 5) is 4.44. The van der Waals surface area contributed by atoms with Crippen LogP contribution >= 0.6 is 11.3 Å². The Kier molecular flexibility index (Phi) is 2.59. The summed E-state index contributed by atoms with van der Waals surface area (Å²) < 4.78 is 6.50. The molecule has 0 unspecified atom stereocenters. The van der Waals surface area contributed by atoms with E-state index in [0.29, 0.717) is 5.76 Å². The molecule has 0 saturated heterocycles. The zero-order chi connectivity index (χ0) is 12.5. The molecule has 88 valence electrons. The highest BCUT2D eigenvalue weighted by molar-refractivity contribution is 7.21. The minimum absolute atomic E-state index is 0.242. The number of aliphatic hydroxyl groups is 1. The molecule has 0 aliphatic rings. The summed E-state index contributed by atoms with van der Waals surface area (Å²) in [6.45, 7) is 0. The minimum atomic E-state index is -1.23. The van der Waals surface area contributed by atoms with Crippen LogP contribution in [0.1, 0.15) is 11.9 Å². The van der Waals surface area contributed by atoms with Crippen LogP contribution in [0.2, 0.25) is 0 Å². The van der Waals surface area contributed by atoms with Gasteiger partial charge in [0.1, 0.15) is 11.8 Å². The van der Waals surface area contributed by atoms with E-state index < -0.39 is 6.10 Å². The predicted octanol–water partition coefficient (Wildman–Crippen LogP) is 3.11. The van der Waals surface area contributed by atoms with Gasteiger partial charge in [0.15, 0.2) is 16.9 Å². The number of rotatable bonds is 2. The van der Waals surface area contributed by atoms with Crippen molar-refractivity contribution in [2.24, 2.45) is 0 Å². The second-order valence-corrected chi connectivity index (χ2v) is 4.75. The molecule has 1 atom stereocenters. The standard InChI is InChI=1S/C13H8N2O2S/c14-7-9(16)10-5-6-11(17-10)13-15-8-3-1-2-4-12(8)18-13/h1-6,9,16H/t9-/m1/s1. The zero-order valence-corrected chi connectivity index (χ0v) is 10.0. The molecule has 0 saturated carbocycles. The summed E-state index contributed by atoms with van der Waals surface area (Å²) >= 11 is 1.51. The molecule has 1 N–H and O–H groups in total. The number of hydrogen-bond acceptors (Lipinski definition) is 5. The van der Waals surface area contributed by atoms with Crippen molar-refractivity contribution in [2.75, 3.05) is 0 Å². The van der Waals surface area contributed by atoms with Crippen molar-refractivity contribution >= 4 is 21.6 Å². The van der Waals surface area contributed by atoms with Crippen LogP contribution in [0.3, 0.4) is 0 Å². The SMILES string of the molecule is N#C[C@@H](O)c1ccc(-c2nc3ccccc3s2)o1.